The first-order valence-corrected chi connectivity index (χ1v) is 4.35. The minimum Gasteiger partial charge on any atom is -0.423 e. The lowest BCUT2D eigenvalue weighted by Gasteiger charge is -2.02. The summed E-state index contributed by atoms with van der Waals surface area (Å²) in [5.41, 5.74) is 1.37. The van der Waals surface area contributed by atoms with E-state index in [1.54, 1.807) is 25.2 Å². The zero-order valence-electron chi connectivity index (χ0n) is 8.55. The third-order valence-corrected chi connectivity index (χ3v) is 1.57. The molecule has 0 atom stereocenters. The van der Waals surface area contributed by atoms with Crippen LogP contribution in [0.4, 0.5) is 5.69 Å². The van der Waals surface area contributed by atoms with Crippen LogP contribution in [0.2, 0.25) is 0 Å². The summed E-state index contributed by atoms with van der Waals surface area (Å²) in [5, 5.41) is 20.4. The molecule has 80 valence electrons. The summed E-state index contributed by atoms with van der Waals surface area (Å²) in [4.78, 5) is 9.06. The molecule has 0 aliphatic carbocycles. The van der Waals surface area contributed by atoms with E-state index in [2.05, 4.69) is 11.9 Å². The summed E-state index contributed by atoms with van der Waals surface area (Å²) in [7, 11) is 0.395. The summed E-state index contributed by atoms with van der Waals surface area (Å²) in [6.45, 7) is 3.11. The Bertz CT molecular complexity index is 309. The van der Waals surface area contributed by atoms with Crippen molar-refractivity contribution in [1.82, 2.24) is 0 Å². The molecule has 0 bridgehead atoms. The molecule has 1 rings (SSSR count). The number of carbonyl (C=O) groups excluding carboxylic acids is 1. The average Bonchev–Trinajstić information content (AvgIpc) is 2.29. The number of hydrogen-bond donors (Lipinski definition) is 3. The van der Waals surface area contributed by atoms with E-state index in [1.165, 1.54) is 6.08 Å². The van der Waals surface area contributed by atoms with Crippen molar-refractivity contribution in [1.29, 1.82) is 0 Å². The number of aldehydes is 1. The van der Waals surface area contributed by atoms with Gasteiger partial charge in [0.15, 0.2) is 0 Å². The van der Waals surface area contributed by atoms with E-state index in [1.807, 2.05) is 6.07 Å². The number of hydrogen-bond acceptors (Lipinski definition) is 4. The zero-order chi connectivity index (χ0) is 11.7. The van der Waals surface area contributed by atoms with Gasteiger partial charge in [0.05, 0.1) is 0 Å². The van der Waals surface area contributed by atoms with Crippen LogP contribution < -0.4 is 10.8 Å². The van der Waals surface area contributed by atoms with Crippen LogP contribution in [0.3, 0.4) is 0 Å². The van der Waals surface area contributed by atoms with Gasteiger partial charge in [0, 0.05) is 12.7 Å². The molecule has 4 nitrogen and oxygen atoms in total. The Labute approximate surface area is 89.4 Å². The molecule has 0 amide bonds. The fraction of sp³-hybridized carbons (Fsp3) is 0.100. The van der Waals surface area contributed by atoms with Crippen LogP contribution >= 0.6 is 0 Å². The second kappa shape index (κ2) is 7.79. The van der Waals surface area contributed by atoms with E-state index >= 15 is 0 Å². The van der Waals surface area contributed by atoms with E-state index in [-0.39, 0.29) is 0 Å². The first-order chi connectivity index (χ1) is 7.15. The third-order valence-electron chi connectivity index (χ3n) is 1.57. The van der Waals surface area contributed by atoms with Gasteiger partial charge in [-0.15, -0.1) is 0 Å². The van der Waals surface area contributed by atoms with E-state index < -0.39 is 7.12 Å². The fourth-order valence-electron chi connectivity index (χ4n) is 0.855. The molecule has 3 N–H and O–H groups in total. The van der Waals surface area contributed by atoms with Gasteiger partial charge in [-0.05, 0) is 23.7 Å². The first kappa shape index (κ1) is 13.4. The number of rotatable bonds is 3. The molecule has 0 fully saturated rings. The SMILES string of the molecule is C=CC=O.CNc1cccc(B(O)O)c1. The number of anilines is 1. The molecule has 0 saturated heterocycles. The molecule has 0 spiro atoms. The summed E-state index contributed by atoms with van der Waals surface area (Å²) < 4.78 is 0. The predicted molar refractivity (Wildman–Crippen MR) is 62.1 cm³/mol. The molecule has 0 unspecified atom stereocenters. The van der Waals surface area contributed by atoms with Crippen molar-refractivity contribution in [2.24, 2.45) is 0 Å². The van der Waals surface area contributed by atoms with Gasteiger partial charge in [-0.25, -0.2) is 0 Å². The molecule has 0 heterocycles. The largest absolute Gasteiger partial charge is 0.488 e. The second-order valence-corrected chi connectivity index (χ2v) is 2.62. The van der Waals surface area contributed by atoms with Gasteiger partial charge in [-0.3, -0.25) is 4.79 Å². The van der Waals surface area contributed by atoms with Crippen LogP contribution in [0.15, 0.2) is 36.9 Å². The van der Waals surface area contributed by atoms with Crippen molar-refractivity contribution < 1.29 is 14.8 Å². The Hall–Kier alpha value is -1.59. The van der Waals surface area contributed by atoms with E-state index in [0.29, 0.717) is 11.7 Å². The summed E-state index contributed by atoms with van der Waals surface area (Å²) in [5.74, 6) is 0. The highest BCUT2D eigenvalue weighted by atomic mass is 16.4. The zero-order valence-corrected chi connectivity index (χ0v) is 8.55. The lowest BCUT2D eigenvalue weighted by molar-refractivity contribution is -0.104. The van der Waals surface area contributed by atoms with Gasteiger partial charge in [0.2, 0.25) is 0 Å². The fourth-order valence-corrected chi connectivity index (χ4v) is 0.855. The summed E-state index contributed by atoms with van der Waals surface area (Å²) in [6, 6.07) is 6.96. The normalized spacial score (nSPS) is 8.20. The van der Waals surface area contributed by atoms with Gasteiger partial charge in [-0.1, -0.05) is 18.7 Å². The number of nitrogens with one attached hydrogen (secondary N) is 1. The summed E-state index contributed by atoms with van der Waals surface area (Å²) >= 11 is 0. The number of benzene rings is 1. The number of carbonyl (C=O) groups is 1. The average molecular weight is 207 g/mol. The Morgan fingerprint density at radius 3 is 2.47 bits per heavy atom. The topological polar surface area (TPSA) is 69.6 Å². The predicted octanol–water partition coefficient (Wildman–Crippen LogP) is -0.221. The minimum absolute atomic E-state index is 0.497. The van der Waals surface area contributed by atoms with Crippen LogP contribution in [0.25, 0.3) is 0 Å². The molecule has 1 aromatic rings. The van der Waals surface area contributed by atoms with Crippen molar-refractivity contribution in [2.75, 3.05) is 12.4 Å². The highest BCUT2D eigenvalue weighted by molar-refractivity contribution is 6.58. The quantitative estimate of drug-likeness (QED) is 0.364. The van der Waals surface area contributed by atoms with Crippen LogP contribution in [-0.2, 0) is 4.79 Å². The number of allylic oxidation sites excluding steroid dienone is 1. The minimum atomic E-state index is -1.39. The molecule has 15 heavy (non-hydrogen) atoms. The maximum absolute atomic E-state index is 9.06. The van der Waals surface area contributed by atoms with Crippen molar-refractivity contribution in [2.45, 2.75) is 0 Å². The second-order valence-electron chi connectivity index (χ2n) is 2.62. The standard InChI is InChI=1S/C7H10BNO2.C3H4O/c1-9-7-4-2-3-6(5-7)8(10)11;1-2-3-4/h2-5,9-11H,1H3;2-3H,1H2. The van der Waals surface area contributed by atoms with Crippen molar-refractivity contribution >= 4 is 24.6 Å². The Morgan fingerprint density at radius 1 is 1.47 bits per heavy atom. The third kappa shape index (κ3) is 5.67. The maximum atomic E-state index is 9.06. The highest BCUT2D eigenvalue weighted by Gasteiger charge is 2.09. The molecular formula is C10H14BNO3. The molecule has 0 aliphatic rings. The molecule has 0 saturated carbocycles. The molecule has 0 radical (unpaired) electrons. The van der Waals surface area contributed by atoms with E-state index in [9.17, 15) is 0 Å². The monoisotopic (exact) mass is 207 g/mol. The van der Waals surface area contributed by atoms with Crippen LogP contribution in [0.5, 0.6) is 0 Å². The van der Waals surface area contributed by atoms with Gasteiger partial charge >= 0.3 is 7.12 Å². The first-order valence-electron chi connectivity index (χ1n) is 4.35. The lowest BCUT2D eigenvalue weighted by Crippen LogP contribution is -2.29. The molecule has 1 aromatic carbocycles. The molecule has 5 heteroatoms. The lowest BCUT2D eigenvalue weighted by atomic mass is 9.80. The van der Waals surface area contributed by atoms with Crippen molar-refractivity contribution in [3.8, 4) is 0 Å². The maximum Gasteiger partial charge on any atom is 0.488 e. The molecule has 0 aromatic heterocycles. The van der Waals surface area contributed by atoms with Crippen molar-refractivity contribution in [3.63, 3.8) is 0 Å². The van der Waals surface area contributed by atoms with Crippen LogP contribution in [0, 0.1) is 0 Å². The Morgan fingerprint density at radius 2 is 2.07 bits per heavy atom. The van der Waals surface area contributed by atoms with E-state index in [4.69, 9.17) is 14.8 Å². The van der Waals surface area contributed by atoms with Crippen molar-refractivity contribution in [3.05, 3.63) is 36.9 Å². The smallest absolute Gasteiger partial charge is 0.423 e. The Balaban J connectivity index is 0.000000423. The van der Waals surface area contributed by atoms with Gasteiger partial charge in [-0.2, -0.15) is 0 Å². The van der Waals surface area contributed by atoms with Crippen LogP contribution in [0.1, 0.15) is 0 Å². The summed E-state index contributed by atoms with van der Waals surface area (Å²) in [6.07, 6.45) is 1.83. The van der Waals surface area contributed by atoms with E-state index in [0.717, 1.165) is 5.69 Å². The van der Waals surface area contributed by atoms with Gasteiger partial charge in [0.1, 0.15) is 6.29 Å². The molecule has 0 aliphatic heterocycles. The van der Waals surface area contributed by atoms with Gasteiger partial charge < -0.3 is 15.4 Å². The van der Waals surface area contributed by atoms with Crippen LogP contribution in [-0.4, -0.2) is 30.5 Å². The highest BCUT2D eigenvalue weighted by Crippen LogP contribution is 2.01. The Kier molecular flexibility index (Phi) is 6.96. The molecular weight excluding hydrogens is 193 g/mol. The van der Waals surface area contributed by atoms with Gasteiger partial charge in [0.25, 0.3) is 0 Å².